The van der Waals surface area contributed by atoms with Gasteiger partial charge in [-0.15, -0.1) is 0 Å². The van der Waals surface area contributed by atoms with E-state index in [1.807, 2.05) is 25.7 Å². The first-order chi connectivity index (χ1) is 8.88. The van der Waals surface area contributed by atoms with Crippen LogP contribution in [0.2, 0.25) is 0 Å². The monoisotopic (exact) mass is 266 g/mol. The van der Waals surface area contributed by atoms with Crippen molar-refractivity contribution in [2.45, 2.75) is 70.9 Å². The van der Waals surface area contributed by atoms with Crippen LogP contribution in [0.4, 0.5) is 0 Å². The summed E-state index contributed by atoms with van der Waals surface area (Å²) < 4.78 is 0. The molecule has 4 nitrogen and oxygen atoms in total. The van der Waals surface area contributed by atoms with E-state index < -0.39 is 0 Å². The van der Waals surface area contributed by atoms with Crippen LogP contribution in [0, 0.1) is 5.92 Å². The molecule has 2 fully saturated rings. The number of nitrogens with zero attached hydrogens (tertiary/aromatic N) is 1. The highest BCUT2D eigenvalue weighted by molar-refractivity contribution is 5.89. The maximum absolute atomic E-state index is 12.4. The van der Waals surface area contributed by atoms with Gasteiger partial charge in [0, 0.05) is 18.0 Å². The minimum absolute atomic E-state index is 0.0138. The second-order valence-electron chi connectivity index (χ2n) is 6.91. The third kappa shape index (κ3) is 3.48. The fraction of sp³-hybridized carbons (Fsp3) is 0.867. The summed E-state index contributed by atoms with van der Waals surface area (Å²) in [5.41, 5.74) is -0.236. The van der Waals surface area contributed by atoms with E-state index in [-0.39, 0.29) is 29.3 Å². The highest BCUT2D eigenvalue weighted by Gasteiger charge is 2.37. The average Bonchev–Trinajstić information content (AvgIpc) is 2.24. The number of likely N-dealkylation sites (tertiary alicyclic amines) is 1. The number of hydrogen-bond acceptors (Lipinski definition) is 2. The van der Waals surface area contributed by atoms with Gasteiger partial charge in [-0.05, 0) is 52.9 Å². The molecule has 0 aromatic carbocycles. The van der Waals surface area contributed by atoms with Crippen LogP contribution in [0.1, 0.15) is 59.3 Å². The van der Waals surface area contributed by atoms with Gasteiger partial charge < -0.3 is 10.2 Å². The molecule has 1 N–H and O–H groups in total. The van der Waals surface area contributed by atoms with E-state index in [2.05, 4.69) is 5.32 Å². The lowest BCUT2D eigenvalue weighted by Gasteiger charge is -2.40. The van der Waals surface area contributed by atoms with Crippen molar-refractivity contribution >= 4 is 11.8 Å². The lowest BCUT2D eigenvalue weighted by molar-refractivity contribution is -0.148. The molecule has 1 unspecified atom stereocenters. The van der Waals surface area contributed by atoms with Crippen molar-refractivity contribution in [3.63, 3.8) is 0 Å². The molecule has 1 saturated carbocycles. The normalized spacial score (nSPS) is 24.8. The molecule has 0 radical (unpaired) electrons. The summed E-state index contributed by atoms with van der Waals surface area (Å²) >= 11 is 0. The SMILES string of the molecule is CC(C)(C)NC(=O)C1CCCCN1C(=O)C1CCC1. The third-order valence-corrected chi connectivity index (χ3v) is 4.04. The molecular weight excluding hydrogens is 240 g/mol. The molecule has 0 spiro atoms. The van der Waals surface area contributed by atoms with Crippen molar-refractivity contribution in [1.82, 2.24) is 10.2 Å². The van der Waals surface area contributed by atoms with Crippen molar-refractivity contribution in [2.24, 2.45) is 5.92 Å². The number of hydrogen-bond donors (Lipinski definition) is 1. The maximum atomic E-state index is 12.4. The Labute approximate surface area is 115 Å². The first-order valence-electron chi connectivity index (χ1n) is 7.51. The molecule has 0 aromatic heterocycles. The number of piperidine rings is 1. The van der Waals surface area contributed by atoms with Crippen LogP contribution in [-0.2, 0) is 9.59 Å². The number of amides is 2. The van der Waals surface area contributed by atoms with E-state index in [1.54, 1.807) is 0 Å². The van der Waals surface area contributed by atoms with Gasteiger partial charge in [0.25, 0.3) is 0 Å². The highest BCUT2D eigenvalue weighted by Crippen LogP contribution is 2.31. The summed E-state index contributed by atoms with van der Waals surface area (Å²) in [5.74, 6) is 0.405. The summed E-state index contributed by atoms with van der Waals surface area (Å²) in [4.78, 5) is 26.6. The second-order valence-corrected chi connectivity index (χ2v) is 6.91. The number of carbonyl (C=O) groups excluding carboxylic acids is 2. The predicted molar refractivity (Wildman–Crippen MR) is 74.6 cm³/mol. The molecule has 2 rings (SSSR count). The predicted octanol–water partition coefficient (Wildman–Crippen LogP) is 2.08. The zero-order valence-corrected chi connectivity index (χ0v) is 12.4. The van der Waals surface area contributed by atoms with E-state index in [0.29, 0.717) is 0 Å². The van der Waals surface area contributed by atoms with Crippen LogP contribution in [0.25, 0.3) is 0 Å². The molecule has 2 aliphatic rings. The summed E-state index contributed by atoms with van der Waals surface area (Å²) in [6.07, 6.45) is 6.03. The quantitative estimate of drug-likeness (QED) is 0.832. The third-order valence-electron chi connectivity index (χ3n) is 4.04. The fourth-order valence-corrected chi connectivity index (χ4v) is 2.81. The Morgan fingerprint density at radius 2 is 1.74 bits per heavy atom. The Balaban J connectivity index is 2.02. The lowest BCUT2D eigenvalue weighted by atomic mass is 9.83. The van der Waals surface area contributed by atoms with Gasteiger partial charge in [-0.2, -0.15) is 0 Å². The lowest BCUT2D eigenvalue weighted by Crippen LogP contribution is -2.56. The molecule has 1 aliphatic carbocycles. The Morgan fingerprint density at radius 3 is 2.26 bits per heavy atom. The maximum Gasteiger partial charge on any atom is 0.243 e. The Kier molecular flexibility index (Phi) is 4.16. The molecule has 2 amide bonds. The van der Waals surface area contributed by atoms with Gasteiger partial charge in [0.05, 0.1) is 0 Å². The van der Waals surface area contributed by atoms with E-state index >= 15 is 0 Å². The highest BCUT2D eigenvalue weighted by atomic mass is 16.2. The van der Waals surface area contributed by atoms with Crippen molar-refractivity contribution in [3.05, 3.63) is 0 Å². The van der Waals surface area contributed by atoms with Gasteiger partial charge >= 0.3 is 0 Å². The number of nitrogens with one attached hydrogen (secondary N) is 1. The molecule has 1 saturated heterocycles. The Hall–Kier alpha value is -1.06. The molecular formula is C15H26N2O2. The van der Waals surface area contributed by atoms with E-state index in [4.69, 9.17) is 0 Å². The van der Waals surface area contributed by atoms with Crippen molar-refractivity contribution in [3.8, 4) is 0 Å². The number of rotatable bonds is 2. The summed E-state index contributed by atoms with van der Waals surface area (Å²) in [5, 5.41) is 3.02. The van der Waals surface area contributed by atoms with E-state index in [1.165, 1.54) is 0 Å². The summed E-state index contributed by atoms with van der Waals surface area (Å²) in [6, 6.07) is -0.249. The van der Waals surface area contributed by atoms with E-state index in [9.17, 15) is 9.59 Å². The average molecular weight is 266 g/mol. The molecule has 1 aliphatic heterocycles. The zero-order valence-electron chi connectivity index (χ0n) is 12.4. The van der Waals surface area contributed by atoms with Crippen LogP contribution in [0.3, 0.4) is 0 Å². The van der Waals surface area contributed by atoms with Crippen molar-refractivity contribution in [1.29, 1.82) is 0 Å². The van der Waals surface area contributed by atoms with Gasteiger partial charge in [0.2, 0.25) is 11.8 Å². The minimum atomic E-state index is -0.249. The Bertz CT molecular complexity index is 356. The van der Waals surface area contributed by atoms with Crippen molar-refractivity contribution < 1.29 is 9.59 Å². The van der Waals surface area contributed by atoms with Gasteiger partial charge in [-0.1, -0.05) is 6.42 Å². The minimum Gasteiger partial charge on any atom is -0.350 e. The second kappa shape index (κ2) is 5.51. The molecule has 4 heteroatoms. The fourth-order valence-electron chi connectivity index (χ4n) is 2.81. The summed E-state index contributed by atoms with van der Waals surface area (Å²) in [6.45, 7) is 6.68. The van der Waals surface area contributed by atoms with Gasteiger partial charge in [0.1, 0.15) is 6.04 Å². The summed E-state index contributed by atoms with van der Waals surface area (Å²) in [7, 11) is 0. The van der Waals surface area contributed by atoms with Crippen molar-refractivity contribution in [2.75, 3.05) is 6.54 Å². The molecule has 1 atom stereocenters. The zero-order chi connectivity index (χ0) is 14.0. The largest absolute Gasteiger partial charge is 0.350 e. The smallest absolute Gasteiger partial charge is 0.243 e. The topological polar surface area (TPSA) is 49.4 Å². The van der Waals surface area contributed by atoms with Crippen LogP contribution in [0.5, 0.6) is 0 Å². The molecule has 108 valence electrons. The standard InChI is InChI=1S/C15H26N2O2/c1-15(2,3)16-13(18)12-9-4-5-10-17(12)14(19)11-7-6-8-11/h11-12H,4-10H2,1-3H3,(H,16,18). The molecule has 0 bridgehead atoms. The van der Waals surface area contributed by atoms with Crippen LogP contribution in [0.15, 0.2) is 0 Å². The van der Waals surface area contributed by atoms with Gasteiger partial charge in [-0.3, -0.25) is 9.59 Å². The van der Waals surface area contributed by atoms with Gasteiger partial charge in [0.15, 0.2) is 0 Å². The first-order valence-corrected chi connectivity index (χ1v) is 7.51. The Morgan fingerprint density at radius 1 is 1.05 bits per heavy atom. The van der Waals surface area contributed by atoms with Crippen LogP contribution >= 0.6 is 0 Å². The molecule has 19 heavy (non-hydrogen) atoms. The molecule has 1 heterocycles. The molecule has 0 aromatic rings. The van der Waals surface area contributed by atoms with Crippen LogP contribution < -0.4 is 5.32 Å². The first kappa shape index (κ1) is 14.4. The number of carbonyl (C=O) groups is 2. The van der Waals surface area contributed by atoms with Gasteiger partial charge in [-0.25, -0.2) is 0 Å². The van der Waals surface area contributed by atoms with Crippen LogP contribution in [-0.4, -0.2) is 34.8 Å². The van der Waals surface area contributed by atoms with E-state index in [0.717, 1.165) is 45.1 Å².